The Morgan fingerprint density at radius 2 is 1.83 bits per heavy atom. The maximum Gasteiger partial charge on any atom is 0.338 e. The van der Waals surface area contributed by atoms with Crippen LogP contribution in [0.25, 0.3) is 10.9 Å². The van der Waals surface area contributed by atoms with Crippen LogP contribution in [-0.4, -0.2) is 38.1 Å². The lowest BCUT2D eigenvalue weighted by Gasteiger charge is -2.21. The molecule has 30 heavy (non-hydrogen) atoms. The SMILES string of the molecule is CCOC(=O)c1cccc(N(C(=O)CCc2c(C)[nH]c3ccccc23)S(C)(=O)=O)c1. The lowest BCUT2D eigenvalue weighted by atomic mass is 10.1. The van der Waals surface area contributed by atoms with Crippen LogP contribution in [0.3, 0.4) is 0 Å². The zero-order chi connectivity index (χ0) is 21.9. The summed E-state index contributed by atoms with van der Waals surface area (Å²) in [4.78, 5) is 28.2. The van der Waals surface area contributed by atoms with Crippen LogP contribution in [0.2, 0.25) is 0 Å². The summed E-state index contributed by atoms with van der Waals surface area (Å²) in [5.74, 6) is -1.14. The van der Waals surface area contributed by atoms with Crippen LogP contribution in [0.5, 0.6) is 0 Å². The van der Waals surface area contributed by atoms with E-state index in [1.54, 1.807) is 6.92 Å². The molecule has 0 unspecified atom stereocenters. The standard InChI is InChI=1S/C22H24N2O5S/c1-4-29-22(26)16-8-7-9-17(14-16)24(30(3,27)28)21(25)13-12-18-15(2)23-20-11-6-5-10-19(18)20/h5-11,14,23H,4,12-13H2,1-3H3. The van der Waals surface area contributed by atoms with Gasteiger partial charge in [0.2, 0.25) is 15.9 Å². The van der Waals surface area contributed by atoms with Crippen molar-refractivity contribution < 1.29 is 22.7 Å². The number of benzene rings is 2. The number of sulfonamides is 1. The Balaban J connectivity index is 1.88. The largest absolute Gasteiger partial charge is 0.462 e. The number of para-hydroxylation sites is 1. The first-order chi connectivity index (χ1) is 14.2. The van der Waals surface area contributed by atoms with E-state index < -0.39 is 21.9 Å². The summed E-state index contributed by atoms with van der Waals surface area (Å²) >= 11 is 0. The molecule has 7 nitrogen and oxygen atoms in total. The minimum absolute atomic E-state index is 0.000604. The highest BCUT2D eigenvalue weighted by Crippen LogP contribution is 2.25. The first-order valence-corrected chi connectivity index (χ1v) is 11.4. The minimum atomic E-state index is -3.89. The van der Waals surface area contributed by atoms with E-state index in [9.17, 15) is 18.0 Å². The summed E-state index contributed by atoms with van der Waals surface area (Å²) in [6, 6.07) is 13.7. The number of fused-ring (bicyclic) bond motifs is 1. The van der Waals surface area contributed by atoms with E-state index in [1.807, 2.05) is 31.2 Å². The molecule has 0 bridgehead atoms. The molecule has 0 aliphatic carbocycles. The van der Waals surface area contributed by atoms with Gasteiger partial charge in [-0.2, -0.15) is 0 Å². The fraction of sp³-hybridized carbons (Fsp3) is 0.273. The molecule has 3 aromatic rings. The number of carbonyl (C=O) groups excluding carboxylic acids is 2. The average Bonchev–Trinajstić information content (AvgIpc) is 3.01. The van der Waals surface area contributed by atoms with E-state index in [1.165, 1.54) is 24.3 Å². The van der Waals surface area contributed by atoms with Gasteiger partial charge in [-0.25, -0.2) is 17.5 Å². The van der Waals surface area contributed by atoms with Crippen LogP contribution in [-0.2, 0) is 26.0 Å². The van der Waals surface area contributed by atoms with Gasteiger partial charge in [0, 0.05) is 23.0 Å². The smallest absolute Gasteiger partial charge is 0.338 e. The Kier molecular flexibility index (Phi) is 6.26. The maximum absolute atomic E-state index is 13.0. The van der Waals surface area contributed by atoms with E-state index in [0.29, 0.717) is 6.42 Å². The molecule has 1 aromatic heterocycles. The molecule has 0 saturated carbocycles. The third-order valence-corrected chi connectivity index (χ3v) is 5.84. The fourth-order valence-electron chi connectivity index (χ4n) is 3.48. The monoisotopic (exact) mass is 428 g/mol. The van der Waals surface area contributed by atoms with E-state index in [4.69, 9.17) is 4.74 Å². The highest BCUT2D eigenvalue weighted by Gasteiger charge is 2.26. The molecular weight excluding hydrogens is 404 g/mol. The number of hydrogen-bond acceptors (Lipinski definition) is 5. The Labute approximate surface area is 175 Å². The first kappa shape index (κ1) is 21.6. The van der Waals surface area contributed by atoms with Gasteiger partial charge >= 0.3 is 5.97 Å². The summed E-state index contributed by atoms with van der Waals surface area (Å²) < 4.78 is 30.5. The zero-order valence-corrected chi connectivity index (χ0v) is 18.0. The van der Waals surface area contributed by atoms with Crippen LogP contribution in [0.1, 0.15) is 35.0 Å². The van der Waals surface area contributed by atoms with Gasteiger partial charge in [-0.1, -0.05) is 24.3 Å². The number of nitrogens with one attached hydrogen (secondary N) is 1. The molecule has 0 radical (unpaired) electrons. The van der Waals surface area contributed by atoms with Gasteiger partial charge in [-0.3, -0.25) is 4.79 Å². The van der Waals surface area contributed by atoms with Crippen LogP contribution in [0, 0.1) is 6.92 Å². The minimum Gasteiger partial charge on any atom is -0.462 e. The van der Waals surface area contributed by atoms with Gasteiger partial charge in [0.05, 0.1) is 24.1 Å². The molecule has 8 heteroatoms. The van der Waals surface area contributed by atoms with Crippen molar-refractivity contribution in [3.05, 3.63) is 65.4 Å². The predicted molar refractivity (Wildman–Crippen MR) is 116 cm³/mol. The average molecular weight is 429 g/mol. The number of esters is 1. The van der Waals surface area contributed by atoms with Crippen molar-refractivity contribution in [2.75, 3.05) is 17.2 Å². The van der Waals surface area contributed by atoms with Crippen molar-refractivity contribution in [2.45, 2.75) is 26.7 Å². The number of amides is 1. The normalized spacial score (nSPS) is 11.4. The van der Waals surface area contributed by atoms with Gasteiger partial charge in [0.25, 0.3) is 0 Å². The van der Waals surface area contributed by atoms with Crippen molar-refractivity contribution in [2.24, 2.45) is 0 Å². The van der Waals surface area contributed by atoms with Gasteiger partial charge in [-0.05, 0) is 50.1 Å². The Hall–Kier alpha value is -3.13. The molecule has 0 atom stereocenters. The van der Waals surface area contributed by atoms with Gasteiger partial charge in [0.1, 0.15) is 0 Å². The fourth-order valence-corrected chi connectivity index (χ4v) is 4.44. The molecule has 0 aliphatic heterocycles. The Morgan fingerprint density at radius 3 is 2.53 bits per heavy atom. The molecule has 0 saturated heterocycles. The van der Waals surface area contributed by atoms with Crippen LogP contribution < -0.4 is 4.31 Å². The highest BCUT2D eigenvalue weighted by molar-refractivity contribution is 7.92. The molecule has 0 fully saturated rings. The van der Waals surface area contributed by atoms with Gasteiger partial charge in [-0.15, -0.1) is 0 Å². The molecule has 2 aromatic carbocycles. The van der Waals surface area contributed by atoms with Crippen molar-refractivity contribution >= 4 is 38.5 Å². The quantitative estimate of drug-likeness (QED) is 0.580. The molecule has 3 rings (SSSR count). The van der Waals surface area contributed by atoms with E-state index in [2.05, 4.69) is 4.98 Å². The summed E-state index contributed by atoms with van der Waals surface area (Å²) in [6.07, 6.45) is 1.36. The number of nitrogens with zero attached hydrogens (tertiary/aromatic N) is 1. The highest BCUT2D eigenvalue weighted by atomic mass is 32.2. The number of rotatable bonds is 7. The predicted octanol–water partition coefficient (Wildman–Crippen LogP) is 3.58. The Bertz CT molecular complexity index is 1200. The molecule has 1 amide bonds. The molecule has 1 heterocycles. The maximum atomic E-state index is 13.0. The number of aromatic amines is 1. The lowest BCUT2D eigenvalue weighted by molar-refractivity contribution is -0.117. The number of aryl methyl sites for hydroxylation is 2. The number of anilines is 1. The van der Waals surface area contributed by atoms with E-state index >= 15 is 0 Å². The third kappa shape index (κ3) is 4.54. The second kappa shape index (κ2) is 8.71. The Morgan fingerprint density at radius 1 is 1.10 bits per heavy atom. The molecular formula is C22H24N2O5S. The van der Waals surface area contributed by atoms with Crippen LogP contribution in [0.15, 0.2) is 48.5 Å². The molecule has 1 N–H and O–H groups in total. The third-order valence-electron chi connectivity index (χ3n) is 4.77. The first-order valence-electron chi connectivity index (χ1n) is 9.59. The van der Waals surface area contributed by atoms with E-state index in [-0.39, 0.29) is 24.3 Å². The summed E-state index contributed by atoms with van der Waals surface area (Å²) in [5.41, 5.74) is 3.19. The van der Waals surface area contributed by atoms with Gasteiger partial charge in [0.15, 0.2) is 0 Å². The lowest BCUT2D eigenvalue weighted by Crippen LogP contribution is -2.36. The number of hydrogen-bond donors (Lipinski definition) is 1. The van der Waals surface area contributed by atoms with Crippen molar-refractivity contribution in [3.63, 3.8) is 0 Å². The summed E-state index contributed by atoms with van der Waals surface area (Å²) in [6.45, 7) is 3.81. The molecule has 0 aliphatic rings. The zero-order valence-electron chi connectivity index (χ0n) is 17.1. The van der Waals surface area contributed by atoms with Crippen molar-refractivity contribution in [3.8, 4) is 0 Å². The van der Waals surface area contributed by atoms with Gasteiger partial charge < -0.3 is 9.72 Å². The number of aromatic nitrogens is 1. The molecule has 158 valence electrons. The number of ether oxygens (including phenoxy) is 1. The number of H-pyrrole nitrogens is 1. The van der Waals surface area contributed by atoms with Crippen LogP contribution >= 0.6 is 0 Å². The summed E-state index contributed by atoms with van der Waals surface area (Å²) in [7, 11) is -3.89. The van der Waals surface area contributed by atoms with Crippen molar-refractivity contribution in [1.82, 2.24) is 4.98 Å². The van der Waals surface area contributed by atoms with E-state index in [0.717, 1.165) is 32.7 Å². The number of carbonyl (C=O) groups is 2. The second-order valence-electron chi connectivity index (χ2n) is 6.97. The second-order valence-corrected chi connectivity index (χ2v) is 8.80. The van der Waals surface area contributed by atoms with Crippen LogP contribution in [0.4, 0.5) is 5.69 Å². The van der Waals surface area contributed by atoms with Crippen molar-refractivity contribution in [1.29, 1.82) is 0 Å². The topological polar surface area (TPSA) is 96.5 Å². The summed E-state index contributed by atoms with van der Waals surface area (Å²) in [5, 5.41) is 1.01. The molecule has 0 spiro atoms.